The highest BCUT2D eigenvalue weighted by Crippen LogP contribution is 2.12. The Hall–Kier alpha value is -2.42. The van der Waals surface area contributed by atoms with E-state index in [1.54, 1.807) is 12.1 Å². The summed E-state index contributed by atoms with van der Waals surface area (Å²) in [5.74, 6) is 0.375. The first kappa shape index (κ1) is 20.9. The number of rotatable bonds is 10. The summed E-state index contributed by atoms with van der Waals surface area (Å²) < 4.78 is 36.8. The van der Waals surface area contributed by atoms with Crippen molar-refractivity contribution in [1.82, 2.24) is 10.0 Å². The summed E-state index contributed by atoms with van der Waals surface area (Å²) in [6.45, 7) is 2.68. The minimum Gasteiger partial charge on any atom is -0.484 e. The Morgan fingerprint density at radius 2 is 1.70 bits per heavy atom. The molecule has 0 aliphatic rings. The molecular weight excluding hydrogens is 368 g/mol. The topological polar surface area (TPSA) is 93.7 Å². The van der Waals surface area contributed by atoms with Gasteiger partial charge in [0.05, 0.1) is 11.5 Å². The van der Waals surface area contributed by atoms with E-state index in [0.717, 1.165) is 11.1 Å². The Labute approximate surface area is 159 Å². The number of carbonyl (C=O) groups excluding carboxylic acids is 1. The van der Waals surface area contributed by atoms with Crippen molar-refractivity contribution in [3.05, 3.63) is 59.7 Å². The highest BCUT2D eigenvalue weighted by atomic mass is 32.2. The first-order chi connectivity index (χ1) is 12.9. The van der Waals surface area contributed by atoms with E-state index in [-0.39, 0.29) is 30.5 Å². The van der Waals surface area contributed by atoms with Crippen LogP contribution in [0.5, 0.6) is 5.75 Å². The van der Waals surface area contributed by atoms with Crippen LogP contribution < -0.4 is 14.8 Å². The number of nitrogens with one attached hydrogen (secondary N) is 2. The molecule has 0 aliphatic carbocycles. The minimum absolute atomic E-state index is 0.0844. The predicted molar refractivity (Wildman–Crippen MR) is 102 cm³/mol. The van der Waals surface area contributed by atoms with Crippen molar-refractivity contribution in [2.75, 3.05) is 26.9 Å². The number of hydrogen-bond donors (Lipinski definition) is 2. The lowest BCUT2D eigenvalue weighted by Crippen LogP contribution is -2.28. The van der Waals surface area contributed by atoms with Gasteiger partial charge in [0.15, 0.2) is 6.61 Å². The Morgan fingerprint density at radius 1 is 1.04 bits per heavy atom. The number of benzene rings is 2. The molecule has 0 fully saturated rings. The van der Waals surface area contributed by atoms with Gasteiger partial charge in [-0.3, -0.25) is 4.79 Å². The molecule has 2 rings (SSSR count). The summed E-state index contributed by atoms with van der Waals surface area (Å²) in [6, 6.07) is 13.8. The molecule has 27 heavy (non-hydrogen) atoms. The normalized spacial score (nSPS) is 11.2. The third kappa shape index (κ3) is 7.01. The van der Waals surface area contributed by atoms with Crippen molar-refractivity contribution < 1.29 is 22.7 Å². The van der Waals surface area contributed by atoms with E-state index in [1.807, 2.05) is 31.2 Å². The molecule has 0 aromatic heterocycles. The lowest BCUT2D eigenvalue weighted by atomic mass is 10.2. The van der Waals surface area contributed by atoms with E-state index < -0.39 is 10.0 Å². The molecule has 0 aliphatic heterocycles. The smallest absolute Gasteiger partial charge is 0.258 e. The standard InChI is InChI=1S/C19H24N2O5S/c1-15-3-7-17(8-4-15)26-14-19(22)20-13-16-5-9-18(10-6-16)27(23,24)21-11-12-25-2/h3-10,21H,11-14H2,1-2H3,(H,20,22). The van der Waals surface area contributed by atoms with Gasteiger partial charge in [0, 0.05) is 20.2 Å². The third-order valence-electron chi connectivity index (χ3n) is 3.71. The van der Waals surface area contributed by atoms with Crippen molar-refractivity contribution in [3.63, 3.8) is 0 Å². The molecule has 0 heterocycles. The maximum atomic E-state index is 12.1. The number of ether oxygens (including phenoxy) is 2. The number of aryl methyl sites for hydroxylation is 1. The fraction of sp³-hybridized carbons (Fsp3) is 0.316. The Morgan fingerprint density at radius 3 is 2.33 bits per heavy atom. The zero-order chi connectivity index (χ0) is 19.7. The van der Waals surface area contributed by atoms with E-state index in [4.69, 9.17) is 9.47 Å². The molecule has 7 nitrogen and oxygen atoms in total. The number of methoxy groups -OCH3 is 1. The van der Waals surface area contributed by atoms with Crippen LogP contribution >= 0.6 is 0 Å². The van der Waals surface area contributed by atoms with Crippen LogP contribution in [-0.4, -0.2) is 41.2 Å². The van der Waals surface area contributed by atoms with Crippen LogP contribution in [-0.2, 0) is 26.1 Å². The van der Waals surface area contributed by atoms with Gasteiger partial charge in [0.25, 0.3) is 5.91 Å². The van der Waals surface area contributed by atoms with Crippen LogP contribution in [0, 0.1) is 6.92 Å². The summed E-state index contributed by atoms with van der Waals surface area (Å²) in [5, 5.41) is 2.74. The van der Waals surface area contributed by atoms with Crippen LogP contribution in [0.15, 0.2) is 53.4 Å². The first-order valence-electron chi connectivity index (χ1n) is 8.44. The summed E-state index contributed by atoms with van der Waals surface area (Å²) in [6.07, 6.45) is 0. The molecule has 0 saturated heterocycles. The number of hydrogen-bond acceptors (Lipinski definition) is 5. The average molecular weight is 392 g/mol. The molecule has 146 valence electrons. The number of sulfonamides is 1. The molecule has 0 radical (unpaired) electrons. The zero-order valence-electron chi connectivity index (χ0n) is 15.4. The zero-order valence-corrected chi connectivity index (χ0v) is 16.2. The molecule has 1 amide bonds. The van der Waals surface area contributed by atoms with Crippen LogP contribution in [0.2, 0.25) is 0 Å². The second-order valence-corrected chi connectivity index (χ2v) is 7.68. The van der Waals surface area contributed by atoms with Crippen molar-refractivity contribution in [1.29, 1.82) is 0 Å². The predicted octanol–water partition coefficient (Wildman–Crippen LogP) is 1.61. The largest absolute Gasteiger partial charge is 0.484 e. The highest BCUT2D eigenvalue weighted by Gasteiger charge is 2.13. The summed E-state index contributed by atoms with van der Waals surface area (Å²) in [5.41, 5.74) is 1.90. The van der Waals surface area contributed by atoms with Crippen molar-refractivity contribution in [2.45, 2.75) is 18.4 Å². The summed E-state index contributed by atoms with van der Waals surface area (Å²) >= 11 is 0. The Balaban J connectivity index is 1.80. The first-order valence-corrected chi connectivity index (χ1v) is 9.93. The molecule has 0 saturated carbocycles. The molecule has 0 unspecified atom stereocenters. The molecule has 8 heteroatoms. The molecule has 2 aromatic rings. The van der Waals surface area contributed by atoms with Gasteiger partial charge >= 0.3 is 0 Å². The maximum absolute atomic E-state index is 12.1. The summed E-state index contributed by atoms with van der Waals surface area (Å²) in [4.78, 5) is 12.0. The Kier molecular flexibility index (Phi) is 7.78. The van der Waals surface area contributed by atoms with Gasteiger partial charge in [0.1, 0.15) is 5.75 Å². The van der Waals surface area contributed by atoms with Crippen LogP contribution in [0.1, 0.15) is 11.1 Å². The molecule has 2 N–H and O–H groups in total. The molecule has 0 spiro atoms. The third-order valence-corrected chi connectivity index (χ3v) is 5.19. The van der Waals surface area contributed by atoms with Gasteiger partial charge < -0.3 is 14.8 Å². The van der Waals surface area contributed by atoms with Gasteiger partial charge in [-0.1, -0.05) is 29.8 Å². The molecule has 0 bridgehead atoms. The van der Waals surface area contributed by atoms with Crippen molar-refractivity contribution >= 4 is 15.9 Å². The molecular formula is C19H24N2O5S. The lowest BCUT2D eigenvalue weighted by molar-refractivity contribution is -0.123. The van der Waals surface area contributed by atoms with Gasteiger partial charge in [-0.05, 0) is 36.8 Å². The van der Waals surface area contributed by atoms with Crippen LogP contribution in [0.3, 0.4) is 0 Å². The molecule has 2 aromatic carbocycles. The fourth-order valence-electron chi connectivity index (χ4n) is 2.18. The van der Waals surface area contributed by atoms with Crippen LogP contribution in [0.25, 0.3) is 0 Å². The van der Waals surface area contributed by atoms with E-state index in [1.165, 1.54) is 19.2 Å². The van der Waals surface area contributed by atoms with E-state index in [2.05, 4.69) is 10.0 Å². The Bertz CT molecular complexity index is 833. The quantitative estimate of drug-likeness (QED) is 0.599. The fourth-order valence-corrected chi connectivity index (χ4v) is 3.20. The van der Waals surface area contributed by atoms with Crippen LogP contribution in [0.4, 0.5) is 0 Å². The second-order valence-electron chi connectivity index (χ2n) is 5.91. The van der Waals surface area contributed by atoms with Crippen molar-refractivity contribution in [3.8, 4) is 5.75 Å². The number of carbonyl (C=O) groups is 1. The van der Waals surface area contributed by atoms with Gasteiger partial charge in [-0.15, -0.1) is 0 Å². The number of amides is 1. The summed E-state index contributed by atoms with van der Waals surface area (Å²) in [7, 11) is -2.06. The van der Waals surface area contributed by atoms with E-state index in [0.29, 0.717) is 12.4 Å². The van der Waals surface area contributed by atoms with E-state index in [9.17, 15) is 13.2 Å². The second kappa shape index (κ2) is 10.1. The maximum Gasteiger partial charge on any atom is 0.258 e. The lowest BCUT2D eigenvalue weighted by Gasteiger charge is -2.09. The highest BCUT2D eigenvalue weighted by molar-refractivity contribution is 7.89. The van der Waals surface area contributed by atoms with Gasteiger partial charge in [0.2, 0.25) is 10.0 Å². The van der Waals surface area contributed by atoms with Crippen molar-refractivity contribution in [2.24, 2.45) is 0 Å². The monoisotopic (exact) mass is 392 g/mol. The molecule has 0 atom stereocenters. The van der Waals surface area contributed by atoms with E-state index >= 15 is 0 Å². The van der Waals surface area contributed by atoms with Gasteiger partial charge in [-0.25, -0.2) is 13.1 Å². The van der Waals surface area contributed by atoms with Gasteiger partial charge in [-0.2, -0.15) is 0 Å². The minimum atomic E-state index is -3.56. The average Bonchev–Trinajstić information content (AvgIpc) is 2.66. The SMILES string of the molecule is COCCNS(=O)(=O)c1ccc(CNC(=O)COc2ccc(C)cc2)cc1.